The quantitative estimate of drug-likeness (QED) is 0.718. The van der Waals surface area contributed by atoms with Gasteiger partial charge >= 0.3 is 0 Å². The molecule has 1 saturated heterocycles. The van der Waals surface area contributed by atoms with Crippen molar-refractivity contribution in [2.75, 3.05) is 13.1 Å². The van der Waals surface area contributed by atoms with E-state index in [-0.39, 0.29) is 5.91 Å². The van der Waals surface area contributed by atoms with Gasteiger partial charge in [0, 0.05) is 41.7 Å². The first-order chi connectivity index (χ1) is 11.7. The lowest BCUT2D eigenvalue weighted by molar-refractivity contribution is 0.0707. The fraction of sp³-hybridized carbons (Fsp3) is 0.333. The molecule has 1 amide bonds. The molecule has 24 heavy (non-hydrogen) atoms. The van der Waals surface area contributed by atoms with E-state index in [2.05, 4.69) is 22.1 Å². The number of rotatable bonds is 2. The van der Waals surface area contributed by atoms with E-state index in [1.165, 1.54) is 11.3 Å². The van der Waals surface area contributed by atoms with Gasteiger partial charge in [0.1, 0.15) is 5.69 Å². The van der Waals surface area contributed by atoms with Crippen molar-refractivity contribution < 1.29 is 4.79 Å². The van der Waals surface area contributed by atoms with E-state index in [4.69, 9.17) is 4.98 Å². The average molecular weight is 338 g/mol. The van der Waals surface area contributed by atoms with Crippen molar-refractivity contribution in [2.45, 2.75) is 25.7 Å². The Morgan fingerprint density at radius 2 is 2.04 bits per heavy atom. The Balaban J connectivity index is 1.46. The Labute approximate surface area is 144 Å². The van der Waals surface area contributed by atoms with Crippen LogP contribution in [0.4, 0.5) is 0 Å². The molecule has 3 aromatic heterocycles. The van der Waals surface area contributed by atoms with Crippen LogP contribution in [0.2, 0.25) is 0 Å². The number of nitrogens with zero attached hydrogens (tertiary/aromatic N) is 4. The number of thiazole rings is 1. The van der Waals surface area contributed by atoms with E-state index < -0.39 is 0 Å². The fourth-order valence-corrected chi connectivity index (χ4v) is 3.78. The molecule has 4 heterocycles. The lowest BCUT2D eigenvalue weighted by Gasteiger charge is -2.31. The zero-order chi connectivity index (χ0) is 16.5. The Kier molecular flexibility index (Phi) is 3.98. The van der Waals surface area contributed by atoms with E-state index >= 15 is 0 Å². The number of fused-ring (bicyclic) bond motifs is 1. The van der Waals surface area contributed by atoms with E-state index in [1.807, 2.05) is 29.3 Å². The second kappa shape index (κ2) is 6.28. The zero-order valence-corrected chi connectivity index (χ0v) is 14.3. The molecule has 3 aromatic rings. The average Bonchev–Trinajstić information content (AvgIpc) is 3.07. The van der Waals surface area contributed by atoms with Crippen LogP contribution in [-0.4, -0.2) is 38.8 Å². The summed E-state index contributed by atoms with van der Waals surface area (Å²) in [7, 11) is 0. The van der Waals surface area contributed by atoms with Crippen molar-refractivity contribution in [3.63, 3.8) is 0 Å². The normalized spacial score (nSPS) is 15.8. The molecule has 0 radical (unpaired) electrons. The summed E-state index contributed by atoms with van der Waals surface area (Å²) in [6.07, 6.45) is 3.64. The summed E-state index contributed by atoms with van der Waals surface area (Å²) in [5.41, 5.74) is 2.45. The molecular formula is C18H18N4OS. The summed E-state index contributed by atoms with van der Waals surface area (Å²) in [5, 5.41) is 3.84. The lowest BCUT2D eigenvalue weighted by Crippen LogP contribution is -2.38. The molecule has 0 spiro atoms. The summed E-state index contributed by atoms with van der Waals surface area (Å²) < 4.78 is 0. The van der Waals surface area contributed by atoms with Gasteiger partial charge in [-0.1, -0.05) is 0 Å². The highest BCUT2D eigenvalue weighted by Gasteiger charge is 2.26. The molecule has 0 aromatic carbocycles. The third-order valence-electron chi connectivity index (χ3n) is 4.52. The van der Waals surface area contributed by atoms with Gasteiger partial charge in [0.15, 0.2) is 5.65 Å². The highest BCUT2D eigenvalue weighted by atomic mass is 32.1. The van der Waals surface area contributed by atoms with Crippen molar-refractivity contribution >= 4 is 28.3 Å². The molecule has 1 fully saturated rings. The van der Waals surface area contributed by atoms with Crippen LogP contribution in [0, 0.1) is 6.92 Å². The Hall–Kier alpha value is -2.34. The summed E-state index contributed by atoms with van der Waals surface area (Å²) in [4.78, 5) is 27.7. The number of amides is 1. The van der Waals surface area contributed by atoms with E-state index in [0.29, 0.717) is 11.6 Å². The van der Waals surface area contributed by atoms with Crippen LogP contribution in [0.25, 0.3) is 11.0 Å². The number of piperidine rings is 1. The Morgan fingerprint density at radius 1 is 1.21 bits per heavy atom. The molecular weight excluding hydrogens is 320 g/mol. The van der Waals surface area contributed by atoms with Crippen LogP contribution < -0.4 is 0 Å². The van der Waals surface area contributed by atoms with Crippen molar-refractivity contribution in [1.29, 1.82) is 0 Å². The number of carbonyl (C=O) groups excluding carboxylic acids is 1. The molecule has 4 rings (SSSR count). The van der Waals surface area contributed by atoms with Crippen LogP contribution in [0.5, 0.6) is 0 Å². The van der Waals surface area contributed by atoms with Gasteiger partial charge in [0.2, 0.25) is 0 Å². The number of pyridine rings is 2. The number of aryl methyl sites for hydroxylation is 1. The van der Waals surface area contributed by atoms with Gasteiger partial charge in [0.25, 0.3) is 5.91 Å². The molecule has 0 N–H and O–H groups in total. The number of carbonyl (C=O) groups is 1. The molecule has 1 aliphatic heterocycles. The molecule has 0 atom stereocenters. The van der Waals surface area contributed by atoms with Crippen LogP contribution >= 0.6 is 11.3 Å². The molecule has 1 aliphatic rings. The number of hydrogen-bond acceptors (Lipinski definition) is 5. The van der Waals surface area contributed by atoms with E-state index in [1.54, 1.807) is 6.20 Å². The molecule has 122 valence electrons. The molecule has 6 heteroatoms. The highest BCUT2D eigenvalue weighted by Crippen LogP contribution is 2.28. The summed E-state index contributed by atoms with van der Waals surface area (Å²) in [6.45, 7) is 3.43. The number of likely N-dealkylation sites (tertiary alicyclic amines) is 1. The van der Waals surface area contributed by atoms with E-state index in [0.717, 1.165) is 47.7 Å². The maximum atomic E-state index is 12.5. The second-order valence-electron chi connectivity index (χ2n) is 6.10. The summed E-state index contributed by atoms with van der Waals surface area (Å²) in [5.74, 6) is 0.434. The first-order valence-corrected chi connectivity index (χ1v) is 9.02. The molecule has 0 unspecified atom stereocenters. The van der Waals surface area contributed by atoms with Gasteiger partial charge in [-0.2, -0.15) is 0 Å². The Bertz CT molecular complexity index is 883. The van der Waals surface area contributed by atoms with Crippen LogP contribution in [0.15, 0.2) is 35.8 Å². The highest BCUT2D eigenvalue weighted by molar-refractivity contribution is 7.09. The molecule has 0 bridgehead atoms. The van der Waals surface area contributed by atoms with Crippen molar-refractivity contribution in [3.8, 4) is 0 Å². The minimum absolute atomic E-state index is 0.0472. The van der Waals surface area contributed by atoms with Crippen molar-refractivity contribution in [1.82, 2.24) is 19.9 Å². The topological polar surface area (TPSA) is 59.0 Å². The first-order valence-electron chi connectivity index (χ1n) is 8.14. The van der Waals surface area contributed by atoms with Crippen LogP contribution in [0.1, 0.15) is 39.9 Å². The number of hydrogen-bond donors (Lipinski definition) is 0. The first kappa shape index (κ1) is 15.2. The predicted octanol–water partition coefficient (Wildman–Crippen LogP) is 3.41. The van der Waals surface area contributed by atoms with Crippen molar-refractivity contribution in [3.05, 3.63) is 52.2 Å². The van der Waals surface area contributed by atoms with Gasteiger partial charge in [-0.15, -0.1) is 11.3 Å². The van der Waals surface area contributed by atoms with Gasteiger partial charge in [-0.25, -0.2) is 15.0 Å². The fourth-order valence-electron chi connectivity index (χ4n) is 3.20. The molecule has 0 saturated carbocycles. The minimum atomic E-state index is 0.0472. The van der Waals surface area contributed by atoms with Crippen LogP contribution in [-0.2, 0) is 0 Å². The Morgan fingerprint density at radius 3 is 2.79 bits per heavy atom. The van der Waals surface area contributed by atoms with Gasteiger partial charge in [-0.3, -0.25) is 4.79 Å². The van der Waals surface area contributed by atoms with Gasteiger partial charge < -0.3 is 4.90 Å². The van der Waals surface area contributed by atoms with Gasteiger partial charge in [-0.05, 0) is 44.0 Å². The molecule has 5 nitrogen and oxygen atoms in total. The molecule has 0 aliphatic carbocycles. The zero-order valence-electron chi connectivity index (χ0n) is 13.5. The maximum absolute atomic E-state index is 12.5. The second-order valence-corrected chi connectivity index (χ2v) is 7.17. The lowest BCUT2D eigenvalue weighted by atomic mass is 9.92. The number of aromatic nitrogens is 3. The van der Waals surface area contributed by atoms with Crippen LogP contribution in [0.3, 0.4) is 0 Å². The third-order valence-corrected chi connectivity index (χ3v) is 5.30. The standard InChI is InChI=1S/C18H18N4OS/c1-12-20-16(11-24-12)18(23)22-9-6-13(7-10-22)15-5-4-14-3-2-8-19-17(14)21-15/h2-5,8,11,13H,6-7,9-10H2,1H3. The van der Waals surface area contributed by atoms with Crippen molar-refractivity contribution in [2.24, 2.45) is 0 Å². The largest absolute Gasteiger partial charge is 0.337 e. The monoisotopic (exact) mass is 338 g/mol. The minimum Gasteiger partial charge on any atom is -0.337 e. The summed E-state index contributed by atoms with van der Waals surface area (Å²) >= 11 is 1.52. The smallest absolute Gasteiger partial charge is 0.273 e. The van der Waals surface area contributed by atoms with Gasteiger partial charge in [0.05, 0.1) is 5.01 Å². The maximum Gasteiger partial charge on any atom is 0.273 e. The SMILES string of the molecule is Cc1nc(C(=O)N2CCC(c3ccc4cccnc4n3)CC2)cs1. The predicted molar refractivity (Wildman–Crippen MR) is 94.3 cm³/mol. The van der Waals surface area contributed by atoms with E-state index in [9.17, 15) is 4.79 Å². The third kappa shape index (κ3) is 2.89. The summed E-state index contributed by atoms with van der Waals surface area (Å²) in [6, 6.07) is 8.13.